The van der Waals surface area contributed by atoms with Crippen molar-refractivity contribution in [2.24, 2.45) is 0 Å². The van der Waals surface area contributed by atoms with Gasteiger partial charge in [-0.15, -0.1) is 0 Å². The summed E-state index contributed by atoms with van der Waals surface area (Å²) in [5.41, 5.74) is 11.3. The number of nitrogens with zero attached hydrogens (tertiary/aromatic N) is 3. The zero-order valence-electron chi connectivity index (χ0n) is 12.5. The summed E-state index contributed by atoms with van der Waals surface area (Å²) in [7, 11) is 0. The van der Waals surface area contributed by atoms with Crippen molar-refractivity contribution in [2.75, 3.05) is 5.73 Å². The highest BCUT2D eigenvalue weighted by molar-refractivity contribution is 6.30. The Morgan fingerprint density at radius 3 is 2.52 bits per heavy atom. The van der Waals surface area contributed by atoms with E-state index >= 15 is 0 Å². The largest absolute Gasteiger partial charge is 0.383 e. The Labute approximate surface area is 128 Å². The number of benzene rings is 1. The second-order valence-corrected chi connectivity index (χ2v) is 5.77. The Bertz CT molecular complexity index is 865. The van der Waals surface area contributed by atoms with Crippen LogP contribution in [0, 0.1) is 27.7 Å². The Kier molecular flexibility index (Phi) is 3.14. The van der Waals surface area contributed by atoms with Crippen LogP contribution in [0.1, 0.15) is 22.6 Å². The fourth-order valence-electron chi connectivity index (χ4n) is 2.73. The van der Waals surface area contributed by atoms with Crippen LogP contribution >= 0.6 is 11.6 Å². The van der Waals surface area contributed by atoms with Crippen molar-refractivity contribution >= 4 is 28.5 Å². The number of rotatable bonds is 1. The number of hydrogen-bond donors (Lipinski definition) is 1. The third kappa shape index (κ3) is 2.07. The van der Waals surface area contributed by atoms with Crippen LogP contribution in [0.3, 0.4) is 0 Å². The van der Waals surface area contributed by atoms with Gasteiger partial charge in [0.1, 0.15) is 11.6 Å². The topological polar surface area (TPSA) is 56.7 Å². The number of halogens is 1. The summed E-state index contributed by atoms with van der Waals surface area (Å²) < 4.78 is 2.11. The predicted molar refractivity (Wildman–Crippen MR) is 87.2 cm³/mol. The third-order valence-corrected chi connectivity index (χ3v) is 4.14. The molecule has 0 radical (unpaired) electrons. The van der Waals surface area contributed by atoms with Crippen LogP contribution in [0.25, 0.3) is 16.7 Å². The molecule has 0 unspecified atom stereocenters. The lowest BCUT2D eigenvalue weighted by Crippen LogP contribution is -2.03. The van der Waals surface area contributed by atoms with Crippen LogP contribution in [-0.2, 0) is 0 Å². The molecule has 108 valence electrons. The molecule has 0 amide bonds. The summed E-state index contributed by atoms with van der Waals surface area (Å²) in [6.45, 7) is 8.02. The van der Waals surface area contributed by atoms with Gasteiger partial charge in [-0.3, -0.25) is 4.57 Å². The molecule has 0 spiro atoms. The normalized spacial score (nSPS) is 11.3. The molecule has 5 heteroatoms. The van der Waals surface area contributed by atoms with E-state index in [1.807, 2.05) is 32.0 Å². The Balaban J connectivity index is 2.48. The highest BCUT2D eigenvalue weighted by Crippen LogP contribution is 2.32. The molecule has 21 heavy (non-hydrogen) atoms. The molecule has 4 nitrogen and oxygen atoms in total. The van der Waals surface area contributed by atoms with Crippen molar-refractivity contribution in [3.05, 3.63) is 45.9 Å². The van der Waals surface area contributed by atoms with E-state index in [4.69, 9.17) is 17.3 Å². The first kappa shape index (κ1) is 13.9. The molecule has 0 aliphatic heterocycles. The molecule has 3 aromatic rings. The van der Waals surface area contributed by atoms with Crippen LogP contribution in [0.15, 0.2) is 18.2 Å². The Hall–Kier alpha value is -2.07. The molecule has 0 bridgehead atoms. The first-order valence-corrected chi connectivity index (χ1v) is 7.16. The first-order chi connectivity index (χ1) is 9.90. The summed E-state index contributed by atoms with van der Waals surface area (Å²) in [6.07, 6.45) is 0. The lowest BCUT2D eigenvalue weighted by atomic mass is 10.2. The van der Waals surface area contributed by atoms with Gasteiger partial charge in [0.15, 0.2) is 5.65 Å². The molecule has 3 rings (SSSR count). The van der Waals surface area contributed by atoms with Crippen LogP contribution in [-0.4, -0.2) is 14.5 Å². The van der Waals surface area contributed by atoms with Crippen molar-refractivity contribution in [1.29, 1.82) is 0 Å². The van der Waals surface area contributed by atoms with Crippen molar-refractivity contribution in [3.8, 4) is 5.69 Å². The van der Waals surface area contributed by atoms with E-state index in [2.05, 4.69) is 28.4 Å². The number of anilines is 1. The van der Waals surface area contributed by atoms with E-state index < -0.39 is 0 Å². The van der Waals surface area contributed by atoms with Crippen molar-refractivity contribution in [3.63, 3.8) is 0 Å². The number of nitrogen functional groups attached to an aromatic ring is 1. The number of hydrogen-bond acceptors (Lipinski definition) is 3. The lowest BCUT2D eigenvalue weighted by molar-refractivity contribution is 0.986. The molecular weight excluding hydrogens is 284 g/mol. The summed E-state index contributed by atoms with van der Waals surface area (Å²) in [4.78, 5) is 8.87. The van der Waals surface area contributed by atoms with Gasteiger partial charge < -0.3 is 5.73 Å². The summed E-state index contributed by atoms with van der Waals surface area (Å²) in [5, 5.41) is 1.62. The molecule has 0 saturated carbocycles. The molecule has 0 atom stereocenters. The number of fused-ring (bicyclic) bond motifs is 1. The maximum absolute atomic E-state index is 6.17. The Morgan fingerprint density at radius 2 is 1.81 bits per heavy atom. The molecule has 0 aliphatic carbocycles. The minimum absolute atomic E-state index is 0.525. The van der Waals surface area contributed by atoms with Gasteiger partial charge in [0.25, 0.3) is 0 Å². The van der Waals surface area contributed by atoms with Crippen molar-refractivity contribution in [2.45, 2.75) is 27.7 Å². The monoisotopic (exact) mass is 300 g/mol. The van der Waals surface area contributed by atoms with Gasteiger partial charge in [0, 0.05) is 10.7 Å². The minimum atomic E-state index is 0.525. The van der Waals surface area contributed by atoms with E-state index in [9.17, 15) is 0 Å². The fourth-order valence-corrected chi connectivity index (χ4v) is 2.89. The first-order valence-electron chi connectivity index (χ1n) is 6.78. The smallest absolute Gasteiger partial charge is 0.150 e. The molecule has 2 aromatic heterocycles. The molecule has 2 heterocycles. The van der Waals surface area contributed by atoms with E-state index in [0.29, 0.717) is 16.7 Å². The van der Waals surface area contributed by atoms with Gasteiger partial charge in [-0.25, -0.2) is 9.97 Å². The van der Waals surface area contributed by atoms with Crippen LogP contribution in [0.5, 0.6) is 0 Å². The van der Waals surface area contributed by atoms with Crippen LogP contribution < -0.4 is 5.73 Å². The molecule has 0 saturated heterocycles. The second-order valence-electron chi connectivity index (χ2n) is 5.33. The summed E-state index contributed by atoms with van der Waals surface area (Å²) in [5.74, 6) is 1.19. The molecule has 0 fully saturated rings. The number of nitrogens with two attached hydrogens (primary N) is 1. The zero-order chi connectivity index (χ0) is 15.3. The summed E-state index contributed by atoms with van der Waals surface area (Å²) >= 11 is 6.17. The Morgan fingerprint density at radius 1 is 1.10 bits per heavy atom. The second kappa shape index (κ2) is 4.74. The molecular formula is C16H17ClN4. The van der Waals surface area contributed by atoms with E-state index in [0.717, 1.165) is 33.5 Å². The van der Waals surface area contributed by atoms with Gasteiger partial charge in [-0.2, -0.15) is 0 Å². The van der Waals surface area contributed by atoms with Crippen LogP contribution in [0.4, 0.5) is 5.82 Å². The van der Waals surface area contributed by atoms with Gasteiger partial charge in [0.2, 0.25) is 0 Å². The summed E-state index contributed by atoms with van der Waals surface area (Å²) in [6, 6.07) is 5.86. The predicted octanol–water partition coefficient (Wildman–Crippen LogP) is 3.89. The number of aryl methyl sites for hydroxylation is 3. The molecule has 2 N–H and O–H groups in total. The van der Waals surface area contributed by atoms with E-state index in [1.54, 1.807) is 0 Å². The fraction of sp³-hybridized carbons (Fsp3) is 0.250. The van der Waals surface area contributed by atoms with Crippen molar-refractivity contribution < 1.29 is 0 Å². The molecule has 1 aromatic carbocycles. The van der Waals surface area contributed by atoms with Gasteiger partial charge in [0.05, 0.1) is 11.1 Å². The lowest BCUT2D eigenvalue weighted by Gasteiger charge is -2.12. The minimum Gasteiger partial charge on any atom is -0.383 e. The van der Waals surface area contributed by atoms with Gasteiger partial charge in [-0.1, -0.05) is 17.7 Å². The van der Waals surface area contributed by atoms with Gasteiger partial charge in [-0.05, 0) is 51.0 Å². The SMILES string of the molecule is Cc1nc(N)c2c(C)c(C)n(-c3cc(Cl)ccc3C)c2n1. The van der Waals surface area contributed by atoms with Crippen molar-refractivity contribution in [1.82, 2.24) is 14.5 Å². The average molecular weight is 301 g/mol. The average Bonchev–Trinajstić information content (AvgIpc) is 2.65. The zero-order valence-corrected chi connectivity index (χ0v) is 13.3. The van der Waals surface area contributed by atoms with E-state index in [-0.39, 0.29) is 0 Å². The van der Waals surface area contributed by atoms with E-state index in [1.165, 1.54) is 0 Å². The highest BCUT2D eigenvalue weighted by atomic mass is 35.5. The quantitative estimate of drug-likeness (QED) is 0.742. The maximum atomic E-state index is 6.17. The standard InChI is InChI=1S/C16H17ClN4/c1-8-5-6-12(17)7-13(8)21-10(3)9(2)14-15(18)19-11(4)20-16(14)21/h5-7H,1-4H3,(H2,18,19,20). The maximum Gasteiger partial charge on any atom is 0.150 e. The number of aromatic nitrogens is 3. The third-order valence-electron chi connectivity index (χ3n) is 3.91. The highest BCUT2D eigenvalue weighted by Gasteiger charge is 2.18. The molecule has 0 aliphatic rings. The van der Waals surface area contributed by atoms with Crippen LogP contribution in [0.2, 0.25) is 5.02 Å². The van der Waals surface area contributed by atoms with Gasteiger partial charge >= 0.3 is 0 Å².